The van der Waals surface area contributed by atoms with Gasteiger partial charge in [0.25, 0.3) is 5.91 Å². The minimum absolute atomic E-state index is 0.174. The van der Waals surface area contributed by atoms with Gasteiger partial charge in [-0.05, 0) is 37.1 Å². The van der Waals surface area contributed by atoms with Gasteiger partial charge in [0.15, 0.2) is 0 Å². The molecule has 0 aliphatic heterocycles. The number of hydrogen-bond donors (Lipinski definition) is 1. The lowest BCUT2D eigenvalue weighted by atomic mass is 10.2. The van der Waals surface area contributed by atoms with E-state index < -0.39 is 0 Å². The van der Waals surface area contributed by atoms with Crippen molar-refractivity contribution in [1.82, 2.24) is 5.43 Å². The highest BCUT2D eigenvalue weighted by Gasteiger charge is 2.02. The van der Waals surface area contributed by atoms with Crippen LogP contribution in [0, 0.1) is 0 Å². The molecule has 0 saturated carbocycles. The third kappa shape index (κ3) is 5.96. The van der Waals surface area contributed by atoms with Crippen LogP contribution in [0.25, 0.3) is 0 Å². The molecule has 0 saturated heterocycles. The number of hydrogen-bond acceptors (Lipinski definition) is 2. The Labute approximate surface area is 117 Å². The van der Waals surface area contributed by atoms with Crippen LogP contribution in [0.5, 0.6) is 0 Å². The van der Waals surface area contributed by atoms with E-state index in [2.05, 4.69) is 33.4 Å². The molecule has 0 fully saturated rings. The Morgan fingerprint density at radius 3 is 2.67 bits per heavy atom. The highest BCUT2D eigenvalue weighted by Crippen LogP contribution is 2.10. The maximum atomic E-state index is 11.7. The predicted octanol–water partition coefficient (Wildman–Crippen LogP) is 4.14. The molecule has 0 bridgehead atoms. The van der Waals surface area contributed by atoms with E-state index in [9.17, 15) is 4.79 Å². The molecule has 1 N–H and O–H groups in total. The fourth-order valence-corrected chi connectivity index (χ4v) is 1.76. The van der Waals surface area contributed by atoms with E-state index in [1.54, 1.807) is 18.3 Å². The standard InChI is InChI=1S/C14H19BrN2O/c1-2-3-4-5-6-11-16-17-14(18)12-7-9-13(15)10-8-12/h7-11H,2-6H2,1H3,(H,17,18). The Balaban J connectivity index is 2.24. The molecule has 0 aliphatic rings. The minimum Gasteiger partial charge on any atom is -0.267 e. The van der Waals surface area contributed by atoms with E-state index in [1.807, 2.05) is 12.1 Å². The second kappa shape index (κ2) is 8.86. The van der Waals surface area contributed by atoms with Crippen LogP contribution >= 0.6 is 15.9 Å². The van der Waals surface area contributed by atoms with Gasteiger partial charge in [0.05, 0.1) is 0 Å². The lowest BCUT2D eigenvalue weighted by molar-refractivity contribution is 0.0955. The van der Waals surface area contributed by atoms with Crippen molar-refractivity contribution in [3.05, 3.63) is 34.3 Å². The summed E-state index contributed by atoms with van der Waals surface area (Å²) in [6.07, 6.45) is 7.54. The van der Waals surface area contributed by atoms with Gasteiger partial charge in [-0.2, -0.15) is 5.10 Å². The number of nitrogens with one attached hydrogen (secondary N) is 1. The molecule has 1 rings (SSSR count). The second-order valence-electron chi connectivity index (χ2n) is 4.11. The van der Waals surface area contributed by atoms with E-state index in [-0.39, 0.29) is 5.91 Å². The number of halogens is 1. The van der Waals surface area contributed by atoms with E-state index in [1.165, 1.54) is 19.3 Å². The first kappa shape index (κ1) is 14.9. The topological polar surface area (TPSA) is 41.5 Å². The molecule has 0 heterocycles. The van der Waals surface area contributed by atoms with Crippen LogP contribution in [0.2, 0.25) is 0 Å². The van der Waals surface area contributed by atoms with Crippen LogP contribution < -0.4 is 5.43 Å². The fraction of sp³-hybridized carbons (Fsp3) is 0.429. The fourth-order valence-electron chi connectivity index (χ4n) is 1.50. The number of amides is 1. The lowest BCUT2D eigenvalue weighted by Gasteiger charge is -1.99. The molecule has 1 aromatic carbocycles. The van der Waals surface area contributed by atoms with Crippen molar-refractivity contribution in [3.8, 4) is 0 Å². The highest BCUT2D eigenvalue weighted by molar-refractivity contribution is 9.10. The first-order valence-electron chi connectivity index (χ1n) is 6.31. The zero-order valence-corrected chi connectivity index (χ0v) is 12.2. The molecule has 0 radical (unpaired) electrons. The van der Waals surface area contributed by atoms with Crippen molar-refractivity contribution in [1.29, 1.82) is 0 Å². The first-order valence-corrected chi connectivity index (χ1v) is 7.10. The number of benzene rings is 1. The number of hydrazone groups is 1. The van der Waals surface area contributed by atoms with Crippen LogP contribution in [-0.4, -0.2) is 12.1 Å². The number of carbonyl (C=O) groups is 1. The van der Waals surface area contributed by atoms with Crippen LogP contribution in [0.15, 0.2) is 33.8 Å². The molecular weight excluding hydrogens is 292 g/mol. The zero-order chi connectivity index (χ0) is 13.2. The van der Waals surface area contributed by atoms with Gasteiger partial charge in [-0.1, -0.05) is 42.1 Å². The molecule has 0 unspecified atom stereocenters. The Kier molecular flexibility index (Phi) is 7.34. The van der Waals surface area contributed by atoms with E-state index in [0.29, 0.717) is 5.56 Å². The summed E-state index contributed by atoms with van der Waals surface area (Å²) in [5.74, 6) is -0.174. The molecule has 0 atom stereocenters. The predicted molar refractivity (Wildman–Crippen MR) is 78.9 cm³/mol. The molecule has 1 amide bonds. The molecule has 4 heteroatoms. The summed E-state index contributed by atoms with van der Waals surface area (Å²) in [6, 6.07) is 7.19. The summed E-state index contributed by atoms with van der Waals surface area (Å²) in [4.78, 5) is 11.7. The van der Waals surface area contributed by atoms with Crippen LogP contribution in [0.4, 0.5) is 0 Å². The summed E-state index contributed by atoms with van der Waals surface area (Å²) in [5.41, 5.74) is 3.14. The lowest BCUT2D eigenvalue weighted by Crippen LogP contribution is -2.17. The van der Waals surface area contributed by atoms with Crippen molar-refractivity contribution in [3.63, 3.8) is 0 Å². The Hall–Kier alpha value is -1.16. The number of carbonyl (C=O) groups excluding carboxylic acids is 1. The number of rotatable bonds is 7. The SMILES string of the molecule is CCCCCCC=NNC(=O)c1ccc(Br)cc1. The summed E-state index contributed by atoms with van der Waals surface area (Å²) in [6.45, 7) is 2.19. The van der Waals surface area contributed by atoms with Crippen molar-refractivity contribution in [2.24, 2.45) is 5.10 Å². The quantitative estimate of drug-likeness (QED) is 0.459. The van der Waals surface area contributed by atoms with Gasteiger partial charge in [0, 0.05) is 16.3 Å². The van der Waals surface area contributed by atoms with Gasteiger partial charge in [-0.25, -0.2) is 5.43 Å². The molecule has 18 heavy (non-hydrogen) atoms. The normalized spacial score (nSPS) is 10.8. The smallest absolute Gasteiger partial charge is 0.267 e. The van der Waals surface area contributed by atoms with Gasteiger partial charge in [-0.3, -0.25) is 4.79 Å². The maximum absolute atomic E-state index is 11.7. The van der Waals surface area contributed by atoms with Crippen molar-refractivity contribution >= 4 is 28.1 Å². The van der Waals surface area contributed by atoms with Crippen molar-refractivity contribution in [2.75, 3.05) is 0 Å². The summed E-state index contributed by atoms with van der Waals surface area (Å²) < 4.78 is 0.957. The monoisotopic (exact) mass is 310 g/mol. The average Bonchev–Trinajstić information content (AvgIpc) is 2.38. The molecule has 1 aromatic rings. The van der Waals surface area contributed by atoms with Gasteiger partial charge >= 0.3 is 0 Å². The molecular formula is C14H19BrN2O. The Morgan fingerprint density at radius 1 is 1.28 bits per heavy atom. The third-order valence-corrected chi connectivity index (χ3v) is 3.08. The van der Waals surface area contributed by atoms with Crippen LogP contribution in [-0.2, 0) is 0 Å². The Bertz CT molecular complexity index is 387. The third-order valence-electron chi connectivity index (χ3n) is 2.55. The summed E-state index contributed by atoms with van der Waals surface area (Å²) in [7, 11) is 0. The zero-order valence-electron chi connectivity index (χ0n) is 10.7. The average molecular weight is 311 g/mol. The van der Waals surface area contributed by atoms with Crippen molar-refractivity contribution < 1.29 is 4.79 Å². The van der Waals surface area contributed by atoms with Crippen molar-refractivity contribution in [2.45, 2.75) is 39.0 Å². The van der Waals surface area contributed by atoms with Gasteiger partial charge in [-0.15, -0.1) is 0 Å². The summed E-state index contributed by atoms with van der Waals surface area (Å²) >= 11 is 3.33. The molecule has 3 nitrogen and oxygen atoms in total. The largest absolute Gasteiger partial charge is 0.271 e. The van der Waals surface area contributed by atoms with E-state index >= 15 is 0 Å². The van der Waals surface area contributed by atoms with E-state index in [4.69, 9.17) is 0 Å². The molecule has 0 aromatic heterocycles. The Morgan fingerprint density at radius 2 is 2.00 bits per heavy atom. The molecule has 0 aliphatic carbocycles. The highest BCUT2D eigenvalue weighted by atomic mass is 79.9. The molecule has 0 spiro atoms. The van der Waals surface area contributed by atoms with Gasteiger partial charge < -0.3 is 0 Å². The molecule has 98 valence electrons. The van der Waals surface area contributed by atoms with Crippen LogP contribution in [0.1, 0.15) is 49.4 Å². The van der Waals surface area contributed by atoms with Gasteiger partial charge in [0.2, 0.25) is 0 Å². The second-order valence-corrected chi connectivity index (χ2v) is 5.02. The van der Waals surface area contributed by atoms with E-state index in [0.717, 1.165) is 17.3 Å². The summed E-state index contributed by atoms with van der Waals surface area (Å²) in [5, 5.41) is 3.93. The first-order chi connectivity index (χ1) is 8.74. The van der Waals surface area contributed by atoms with Crippen LogP contribution in [0.3, 0.4) is 0 Å². The minimum atomic E-state index is -0.174. The maximum Gasteiger partial charge on any atom is 0.271 e. The number of nitrogens with zero attached hydrogens (tertiary/aromatic N) is 1. The van der Waals surface area contributed by atoms with Gasteiger partial charge in [0.1, 0.15) is 0 Å². The number of unbranched alkanes of at least 4 members (excludes halogenated alkanes) is 4.